The van der Waals surface area contributed by atoms with Crippen LogP contribution in [0.5, 0.6) is 0 Å². The number of likely N-dealkylation sites (N-methyl/N-ethyl adjacent to an activating group) is 1. The highest BCUT2D eigenvalue weighted by Gasteiger charge is 2.40. The van der Waals surface area contributed by atoms with Gasteiger partial charge in [0.05, 0.1) is 0 Å². The maximum absolute atomic E-state index is 12.5. The molecule has 0 radical (unpaired) electrons. The summed E-state index contributed by atoms with van der Waals surface area (Å²) in [5.74, 6) is -0.984. The maximum atomic E-state index is 12.5. The number of rotatable bonds is 5. The fourth-order valence-corrected chi connectivity index (χ4v) is 2.49. The van der Waals surface area contributed by atoms with Crippen LogP contribution in [0, 0.1) is 5.92 Å². The molecule has 0 saturated carbocycles. The van der Waals surface area contributed by atoms with Crippen LogP contribution >= 0.6 is 0 Å². The molecule has 1 aliphatic rings. The quantitative estimate of drug-likeness (QED) is 0.778. The first kappa shape index (κ1) is 16.8. The molecule has 0 spiro atoms. The molecule has 0 aromatic carbocycles. The zero-order chi connectivity index (χ0) is 15.5. The van der Waals surface area contributed by atoms with Crippen LogP contribution in [0.1, 0.15) is 33.6 Å². The normalized spacial score (nSPS) is 17.8. The topological polar surface area (TPSA) is 40.6 Å². The van der Waals surface area contributed by atoms with Crippen LogP contribution in [0.4, 0.5) is 13.2 Å². The first-order valence-electron chi connectivity index (χ1n) is 6.82. The summed E-state index contributed by atoms with van der Waals surface area (Å²) in [4.78, 5) is 26.3. The van der Waals surface area contributed by atoms with Crippen molar-refractivity contribution < 1.29 is 22.8 Å². The van der Waals surface area contributed by atoms with E-state index in [2.05, 4.69) is 0 Å². The van der Waals surface area contributed by atoms with E-state index in [1.807, 2.05) is 0 Å². The van der Waals surface area contributed by atoms with Gasteiger partial charge in [-0.05, 0) is 19.3 Å². The van der Waals surface area contributed by atoms with Crippen molar-refractivity contribution in [3.05, 3.63) is 0 Å². The van der Waals surface area contributed by atoms with Gasteiger partial charge in [0, 0.05) is 19.5 Å². The van der Waals surface area contributed by atoms with E-state index >= 15 is 0 Å². The fourth-order valence-electron chi connectivity index (χ4n) is 2.49. The smallest absolute Gasteiger partial charge is 0.332 e. The van der Waals surface area contributed by atoms with Crippen LogP contribution in [-0.4, -0.2) is 53.5 Å². The minimum atomic E-state index is -4.43. The summed E-state index contributed by atoms with van der Waals surface area (Å²) in [6, 6.07) is -0.799. The van der Waals surface area contributed by atoms with Crippen molar-refractivity contribution in [3.8, 4) is 0 Å². The van der Waals surface area contributed by atoms with Crippen molar-refractivity contribution >= 4 is 11.8 Å². The average molecular weight is 294 g/mol. The van der Waals surface area contributed by atoms with Gasteiger partial charge < -0.3 is 9.80 Å². The lowest BCUT2D eigenvalue weighted by Gasteiger charge is -2.34. The van der Waals surface area contributed by atoms with E-state index in [9.17, 15) is 22.8 Å². The van der Waals surface area contributed by atoms with Crippen LogP contribution in [0.25, 0.3) is 0 Å². The summed E-state index contributed by atoms with van der Waals surface area (Å²) in [5, 5.41) is 0. The van der Waals surface area contributed by atoms with E-state index in [0.717, 1.165) is 4.90 Å². The summed E-state index contributed by atoms with van der Waals surface area (Å²) in [5.41, 5.74) is 0. The molecule has 7 heteroatoms. The second kappa shape index (κ2) is 6.45. The van der Waals surface area contributed by atoms with Gasteiger partial charge in [-0.3, -0.25) is 9.59 Å². The number of likely N-dealkylation sites (tertiary alicyclic amines) is 1. The van der Waals surface area contributed by atoms with Crippen molar-refractivity contribution in [2.75, 3.05) is 19.6 Å². The molecule has 1 rings (SSSR count). The SMILES string of the molecule is CCN(CC(F)(F)F)C(=O)[C@H](C(C)C)N1CCCC1=O. The van der Waals surface area contributed by atoms with Gasteiger partial charge in [0.25, 0.3) is 0 Å². The number of hydrogen-bond acceptors (Lipinski definition) is 2. The average Bonchev–Trinajstić information content (AvgIpc) is 2.71. The van der Waals surface area contributed by atoms with E-state index in [-0.39, 0.29) is 18.4 Å². The van der Waals surface area contributed by atoms with Gasteiger partial charge in [0.1, 0.15) is 12.6 Å². The number of carbonyl (C=O) groups is 2. The standard InChI is InChI=1S/C13H21F3N2O2/c1-4-17(8-13(14,15)16)12(20)11(9(2)3)18-7-5-6-10(18)19/h9,11H,4-8H2,1-3H3/t11-/m0/s1. The van der Waals surface area contributed by atoms with Gasteiger partial charge in [0.2, 0.25) is 11.8 Å². The van der Waals surface area contributed by atoms with Crippen LogP contribution in [0.2, 0.25) is 0 Å². The van der Waals surface area contributed by atoms with E-state index < -0.39 is 24.7 Å². The second-order valence-corrected chi connectivity index (χ2v) is 5.35. The Morgan fingerprint density at radius 2 is 2.00 bits per heavy atom. The third-order valence-electron chi connectivity index (χ3n) is 3.39. The Kier molecular flexibility index (Phi) is 5.42. The van der Waals surface area contributed by atoms with Gasteiger partial charge in [-0.15, -0.1) is 0 Å². The molecule has 0 N–H and O–H groups in total. The van der Waals surface area contributed by atoms with Crippen LogP contribution in [0.3, 0.4) is 0 Å². The minimum absolute atomic E-state index is 0.0242. The number of hydrogen-bond donors (Lipinski definition) is 0. The summed E-state index contributed by atoms with van der Waals surface area (Å²) in [6.45, 7) is 4.15. The number of carbonyl (C=O) groups excluding carboxylic acids is 2. The zero-order valence-corrected chi connectivity index (χ0v) is 12.0. The van der Waals surface area contributed by atoms with Gasteiger partial charge in [-0.25, -0.2) is 0 Å². The third-order valence-corrected chi connectivity index (χ3v) is 3.39. The second-order valence-electron chi connectivity index (χ2n) is 5.35. The Hall–Kier alpha value is -1.27. The Morgan fingerprint density at radius 1 is 1.40 bits per heavy atom. The number of nitrogens with zero attached hydrogens (tertiary/aromatic N) is 2. The van der Waals surface area contributed by atoms with Gasteiger partial charge in [-0.1, -0.05) is 13.8 Å². The molecule has 0 aliphatic carbocycles. The molecule has 0 aromatic heterocycles. The molecule has 0 bridgehead atoms. The van der Waals surface area contributed by atoms with E-state index in [1.165, 1.54) is 11.8 Å². The number of alkyl halides is 3. The molecular formula is C13H21F3N2O2. The van der Waals surface area contributed by atoms with Crippen LogP contribution < -0.4 is 0 Å². The molecule has 1 fully saturated rings. The predicted molar refractivity (Wildman–Crippen MR) is 67.9 cm³/mol. The Morgan fingerprint density at radius 3 is 2.35 bits per heavy atom. The molecule has 116 valence electrons. The minimum Gasteiger partial charge on any atom is -0.332 e. The zero-order valence-electron chi connectivity index (χ0n) is 12.0. The van der Waals surface area contributed by atoms with Crippen LogP contribution in [0.15, 0.2) is 0 Å². The molecule has 1 aliphatic heterocycles. The highest BCUT2D eigenvalue weighted by Crippen LogP contribution is 2.23. The Balaban J connectivity index is 2.90. The summed E-state index contributed by atoms with van der Waals surface area (Å²) >= 11 is 0. The molecule has 1 atom stereocenters. The van der Waals surface area contributed by atoms with E-state index in [0.29, 0.717) is 19.4 Å². The molecular weight excluding hydrogens is 273 g/mol. The van der Waals surface area contributed by atoms with Crippen molar-refractivity contribution in [1.82, 2.24) is 9.80 Å². The first-order valence-corrected chi connectivity index (χ1v) is 6.82. The molecule has 0 aromatic rings. The highest BCUT2D eigenvalue weighted by molar-refractivity contribution is 5.88. The summed E-state index contributed by atoms with van der Waals surface area (Å²) < 4.78 is 37.5. The molecule has 1 saturated heterocycles. The largest absolute Gasteiger partial charge is 0.406 e. The molecule has 0 unspecified atom stereocenters. The van der Waals surface area contributed by atoms with Crippen LogP contribution in [-0.2, 0) is 9.59 Å². The fraction of sp³-hybridized carbons (Fsp3) is 0.846. The van der Waals surface area contributed by atoms with Crippen molar-refractivity contribution in [3.63, 3.8) is 0 Å². The van der Waals surface area contributed by atoms with E-state index in [4.69, 9.17) is 0 Å². The van der Waals surface area contributed by atoms with Gasteiger partial charge in [-0.2, -0.15) is 13.2 Å². The molecule has 4 nitrogen and oxygen atoms in total. The highest BCUT2D eigenvalue weighted by atomic mass is 19.4. The Bertz CT molecular complexity index is 369. The monoisotopic (exact) mass is 294 g/mol. The third kappa shape index (κ3) is 4.11. The van der Waals surface area contributed by atoms with Crippen molar-refractivity contribution in [2.45, 2.75) is 45.8 Å². The van der Waals surface area contributed by atoms with Gasteiger partial charge >= 0.3 is 6.18 Å². The lowest BCUT2D eigenvalue weighted by Crippen LogP contribution is -2.53. The van der Waals surface area contributed by atoms with E-state index in [1.54, 1.807) is 13.8 Å². The number of amides is 2. The lowest BCUT2D eigenvalue weighted by atomic mass is 10.0. The molecule has 1 heterocycles. The predicted octanol–water partition coefficient (Wildman–Crippen LogP) is 2.04. The lowest BCUT2D eigenvalue weighted by molar-refractivity contribution is -0.166. The van der Waals surface area contributed by atoms with Gasteiger partial charge in [0.15, 0.2) is 0 Å². The Labute approximate surface area is 116 Å². The summed E-state index contributed by atoms with van der Waals surface area (Å²) in [6.07, 6.45) is -3.41. The maximum Gasteiger partial charge on any atom is 0.406 e. The van der Waals surface area contributed by atoms with Crippen molar-refractivity contribution in [2.24, 2.45) is 5.92 Å². The molecule has 20 heavy (non-hydrogen) atoms. The summed E-state index contributed by atoms with van der Waals surface area (Å²) in [7, 11) is 0. The number of halogens is 3. The van der Waals surface area contributed by atoms with Crippen molar-refractivity contribution in [1.29, 1.82) is 0 Å². The first-order chi connectivity index (χ1) is 9.17. The molecule has 2 amide bonds.